The van der Waals surface area contributed by atoms with Crippen LogP contribution in [0.3, 0.4) is 0 Å². The molecule has 0 radical (unpaired) electrons. The number of hydrogen-bond acceptors (Lipinski definition) is 7. The van der Waals surface area contributed by atoms with E-state index in [0.717, 1.165) is 38.5 Å². The molecule has 0 heterocycles. The monoisotopic (exact) mass is 743 g/mol. The average molecular weight is 743 g/mol. The van der Waals surface area contributed by atoms with Crippen LogP contribution in [0.25, 0.3) is 0 Å². The summed E-state index contributed by atoms with van der Waals surface area (Å²) in [5.41, 5.74) is -1.16. The Morgan fingerprint density at radius 1 is 0.327 bits per heavy atom. The zero-order valence-corrected chi connectivity index (χ0v) is 35.8. The highest BCUT2D eigenvalue weighted by atomic mass is 17.6. The average Bonchev–Trinajstić information content (AvgIpc) is 3.10. The van der Waals surface area contributed by atoms with Gasteiger partial charge in [0, 0.05) is 0 Å². The summed E-state index contributed by atoms with van der Waals surface area (Å²) in [5.74, 6) is 0. The summed E-state index contributed by atoms with van der Waals surface area (Å²) in [6.45, 7) is 12.2. The maximum absolute atomic E-state index is 11.8. The van der Waals surface area contributed by atoms with E-state index in [0.29, 0.717) is 0 Å². The van der Waals surface area contributed by atoms with Gasteiger partial charge in [0.05, 0.1) is 0 Å². The fourth-order valence-corrected chi connectivity index (χ4v) is 6.92. The Kier molecular flexibility index (Phi) is 37.7. The fourth-order valence-electron chi connectivity index (χ4n) is 6.92. The Labute approximate surface area is 323 Å². The van der Waals surface area contributed by atoms with Gasteiger partial charge in [-0.2, -0.15) is 14.6 Å². The second-order valence-corrected chi connectivity index (χ2v) is 17.1. The van der Waals surface area contributed by atoms with Gasteiger partial charge >= 0.3 is 6.16 Å². The molecule has 312 valence electrons. The molecule has 0 bridgehead atoms. The standard InChI is InChI=1S/C45H90O7/c1-7-9-11-13-15-17-19-21-23-25-27-29-31-33-35-37-39-41-44(3,4)49-51-47-43(46)48-52-50-45(5,6)42-40-38-36-34-32-30-28-26-24-22-20-18-16-14-12-10-8-2/h7-42H2,1-6H3. The van der Waals surface area contributed by atoms with E-state index in [1.807, 2.05) is 27.7 Å². The molecule has 0 aromatic heterocycles. The summed E-state index contributed by atoms with van der Waals surface area (Å²) >= 11 is 0. The highest BCUT2D eigenvalue weighted by molar-refractivity contribution is 5.57. The van der Waals surface area contributed by atoms with Crippen LogP contribution in [0.5, 0.6) is 0 Å². The molecule has 0 saturated carbocycles. The van der Waals surface area contributed by atoms with Gasteiger partial charge in [-0.1, -0.05) is 232 Å². The van der Waals surface area contributed by atoms with Crippen molar-refractivity contribution in [2.75, 3.05) is 0 Å². The molecular weight excluding hydrogens is 652 g/mol. The third kappa shape index (κ3) is 40.3. The number of rotatable bonds is 42. The van der Waals surface area contributed by atoms with Gasteiger partial charge in [0.15, 0.2) is 0 Å². The molecule has 0 fully saturated rings. The highest BCUT2D eigenvalue weighted by Gasteiger charge is 2.24. The molecule has 0 aliphatic carbocycles. The van der Waals surface area contributed by atoms with E-state index in [1.165, 1.54) is 193 Å². The Hall–Kier alpha value is -0.890. The summed E-state index contributed by atoms with van der Waals surface area (Å²) in [5, 5.41) is 9.37. The Morgan fingerprint density at radius 2 is 0.519 bits per heavy atom. The zero-order valence-electron chi connectivity index (χ0n) is 35.8. The molecule has 7 nitrogen and oxygen atoms in total. The van der Waals surface area contributed by atoms with E-state index in [-0.39, 0.29) is 0 Å². The van der Waals surface area contributed by atoms with Crippen LogP contribution >= 0.6 is 0 Å². The lowest BCUT2D eigenvalue weighted by atomic mass is 9.99. The van der Waals surface area contributed by atoms with Crippen molar-refractivity contribution in [1.29, 1.82) is 0 Å². The maximum Gasteiger partial charge on any atom is 0.577 e. The lowest BCUT2D eigenvalue weighted by Gasteiger charge is -2.22. The molecule has 0 N–H and O–H groups in total. The fraction of sp³-hybridized carbons (Fsp3) is 0.978. The van der Waals surface area contributed by atoms with Crippen molar-refractivity contribution in [3.05, 3.63) is 0 Å². The summed E-state index contributed by atoms with van der Waals surface area (Å²) in [6, 6.07) is 0. The third-order valence-electron chi connectivity index (χ3n) is 10.5. The van der Waals surface area contributed by atoms with Crippen LogP contribution in [0.15, 0.2) is 0 Å². The Morgan fingerprint density at radius 3 is 0.731 bits per heavy atom. The largest absolute Gasteiger partial charge is 0.577 e. The molecular formula is C45H90O7. The minimum atomic E-state index is -1.18. The van der Waals surface area contributed by atoms with Gasteiger partial charge < -0.3 is 0 Å². The normalized spacial score (nSPS) is 12.1. The summed E-state index contributed by atoms with van der Waals surface area (Å²) in [7, 11) is 0. The number of hydrogen-bond donors (Lipinski definition) is 0. The van der Waals surface area contributed by atoms with Crippen molar-refractivity contribution < 1.29 is 34.4 Å². The van der Waals surface area contributed by atoms with Crippen LogP contribution in [0.4, 0.5) is 4.79 Å². The number of unbranched alkanes of at least 4 members (excludes halogenated alkanes) is 32. The van der Waals surface area contributed by atoms with Gasteiger partial charge in [-0.25, -0.2) is 9.78 Å². The van der Waals surface area contributed by atoms with E-state index in [4.69, 9.17) is 9.78 Å². The zero-order chi connectivity index (χ0) is 38.3. The summed E-state index contributed by atoms with van der Waals surface area (Å²) < 4.78 is 0. The molecule has 0 aliphatic rings. The highest BCUT2D eigenvalue weighted by Crippen LogP contribution is 2.22. The van der Waals surface area contributed by atoms with E-state index in [9.17, 15) is 4.79 Å². The first-order valence-electron chi connectivity index (χ1n) is 22.8. The van der Waals surface area contributed by atoms with Gasteiger partial charge in [0.25, 0.3) is 0 Å². The Balaban J connectivity index is 3.54. The molecule has 0 spiro atoms. The van der Waals surface area contributed by atoms with Crippen LogP contribution in [-0.2, 0) is 29.6 Å². The lowest BCUT2D eigenvalue weighted by molar-refractivity contribution is -0.554. The first-order chi connectivity index (χ1) is 25.2. The SMILES string of the molecule is CCCCCCCCCCCCCCCCCCCC(C)(C)OOOC(=O)OOOC(C)(C)CCCCCCCCCCCCCCCCCCC. The topological polar surface area (TPSA) is 72.5 Å². The van der Waals surface area contributed by atoms with E-state index in [1.54, 1.807) is 0 Å². The molecule has 52 heavy (non-hydrogen) atoms. The van der Waals surface area contributed by atoms with Crippen LogP contribution in [0.1, 0.15) is 273 Å². The lowest BCUT2D eigenvalue weighted by Crippen LogP contribution is -2.27. The van der Waals surface area contributed by atoms with E-state index in [2.05, 4.69) is 33.7 Å². The molecule has 0 aliphatic heterocycles. The van der Waals surface area contributed by atoms with E-state index >= 15 is 0 Å². The number of carbonyl (C=O) groups excluding carboxylic acids is 1. The molecule has 0 aromatic carbocycles. The first-order valence-corrected chi connectivity index (χ1v) is 22.8. The second-order valence-electron chi connectivity index (χ2n) is 17.1. The second kappa shape index (κ2) is 38.4. The molecule has 0 unspecified atom stereocenters. The van der Waals surface area contributed by atoms with Gasteiger partial charge in [0.1, 0.15) is 11.2 Å². The summed E-state index contributed by atoms with van der Waals surface area (Å²) in [4.78, 5) is 31.5. The van der Waals surface area contributed by atoms with Gasteiger partial charge in [-0.05, 0) is 50.6 Å². The van der Waals surface area contributed by atoms with Crippen molar-refractivity contribution >= 4 is 6.16 Å². The minimum Gasteiger partial charge on any atom is -0.226 e. The van der Waals surface area contributed by atoms with Gasteiger partial charge in [-0.15, -0.1) is 0 Å². The van der Waals surface area contributed by atoms with Gasteiger partial charge in [-0.3, -0.25) is 0 Å². The summed E-state index contributed by atoms with van der Waals surface area (Å²) in [6.07, 6.45) is 46.3. The van der Waals surface area contributed by atoms with Crippen LogP contribution < -0.4 is 0 Å². The third-order valence-corrected chi connectivity index (χ3v) is 10.5. The molecule has 0 saturated heterocycles. The van der Waals surface area contributed by atoms with Crippen LogP contribution in [-0.4, -0.2) is 17.4 Å². The minimum absolute atomic E-state index is 0.582. The quantitative estimate of drug-likeness (QED) is 0.0350. The maximum atomic E-state index is 11.8. The van der Waals surface area contributed by atoms with Crippen molar-refractivity contribution in [1.82, 2.24) is 0 Å². The smallest absolute Gasteiger partial charge is 0.226 e. The number of carbonyl (C=O) groups is 1. The predicted octanol–water partition coefficient (Wildman–Crippen LogP) is 16.5. The van der Waals surface area contributed by atoms with Crippen LogP contribution in [0, 0.1) is 0 Å². The molecule has 0 amide bonds. The molecule has 7 heteroatoms. The molecule has 0 aromatic rings. The first kappa shape index (κ1) is 51.1. The van der Waals surface area contributed by atoms with E-state index < -0.39 is 17.4 Å². The van der Waals surface area contributed by atoms with Gasteiger partial charge in [0.2, 0.25) is 0 Å². The molecule has 0 rings (SSSR count). The van der Waals surface area contributed by atoms with Crippen molar-refractivity contribution in [3.63, 3.8) is 0 Å². The van der Waals surface area contributed by atoms with Crippen LogP contribution in [0.2, 0.25) is 0 Å². The van der Waals surface area contributed by atoms with Crippen molar-refractivity contribution in [2.24, 2.45) is 0 Å². The van der Waals surface area contributed by atoms with Crippen molar-refractivity contribution in [2.45, 2.75) is 284 Å². The van der Waals surface area contributed by atoms with Crippen molar-refractivity contribution in [3.8, 4) is 0 Å². The Bertz CT molecular complexity index is 668. The molecule has 0 atom stereocenters. The predicted molar refractivity (Wildman–Crippen MR) is 218 cm³/mol.